The third kappa shape index (κ3) is 5.37. The van der Waals surface area contributed by atoms with Crippen molar-refractivity contribution in [3.8, 4) is 11.5 Å². The van der Waals surface area contributed by atoms with Crippen LogP contribution in [0, 0.1) is 0 Å². The molecule has 0 saturated carbocycles. The van der Waals surface area contributed by atoms with E-state index in [1.54, 1.807) is 30.3 Å². The molecule has 0 aromatic heterocycles. The number of para-hydroxylation sites is 2. The summed E-state index contributed by atoms with van der Waals surface area (Å²) in [7, 11) is -3.60. The van der Waals surface area contributed by atoms with Crippen molar-refractivity contribution in [2.75, 3.05) is 26.0 Å². The van der Waals surface area contributed by atoms with E-state index in [1.165, 1.54) is 0 Å². The van der Waals surface area contributed by atoms with Crippen LogP contribution in [0.3, 0.4) is 0 Å². The molecule has 2 aromatic rings. The molecule has 9 heteroatoms. The highest BCUT2D eigenvalue weighted by Gasteiger charge is 2.24. The zero-order chi connectivity index (χ0) is 20.1. The van der Waals surface area contributed by atoms with Crippen LogP contribution in [0.5, 0.6) is 11.5 Å². The highest BCUT2D eigenvalue weighted by molar-refractivity contribution is 7.88. The number of nitrogens with zero attached hydrogens (tertiary/aromatic N) is 1. The molecule has 1 atom stereocenters. The van der Waals surface area contributed by atoms with E-state index in [-0.39, 0.29) is 25.7 Å². The molecule has 7 nitrogen and oxygen atoms in total. The van der Waals surface area contributed by atoms with Gasteiger partial charge in [0, 0.05) is 11.6 Å². The third-order valence-corrected chi connectivity index (χ3v) is 5.75. The van der Waals surface area contributed by atoms with Crippen molar-refractivity contribution in [1.82, 2.24) is 9.62 Å². The van der Waals surface area contributed by atoms with Gasteiger partial charge in [0.25, 0.3) is 0 Å². The maximum atomic E-state index is 12.3. The maximum absolute atomic E-state index is 12.3. The van der Waals surface area contributed by atoms with Crippen LogP contribution < -0.4 is 14.8 Å². The Morgan fingerprint density at radius 2 is 1.86 bits per heavy atom. The van der Waals surface area contributed by atoms with Gasteiger partial charge >= 0.3 is 0 Å². The molecule has 0 spiro atoms. The fourth-order valence-electron chi connectivity index (χ4n) is 2.71. The SMILES string of the molecule is CS(=O)(=O)N(CC(=O)NC[C@@H]1COc2ccccc2O1)Cc1ccccc1Cl. The molecule has 150 valence electrons. The average molecular weight is 425 g/mol. The summed E-state index contributed by atoms with van der Waals surface area (Å²) in [6.45, 7) is 0.208. The van der Waals surface area contributed by atoms with Gasteiger partial charge in [-0.1, -0.05) is 41.9 Å². The van der Waals surface area contributed by atoms with Gasteiger partial charge in [0.05, 0.1) is 19.3 Å². The second kappa shape index (κ2) is 8.81. The van der Waals surface area contributed by atoms with Gasteiger partial charge in [-0.25, -0.2) is 8.42 Å². The maximum Gasteiger partial charge on any atom is 0.235 e. The fraction of sp³-hybridized carbons (Fsp3) is 0.316. The first-order valence-corrected chi connectivity index (χ1v) is 10.9. The summed E-state index contributed by atoms with van der Waals surface area (Å²) in [5, 5.41) is 3.15. The zero-order valence-corrected chi connectivity index (χ0v) is 16.9. The lowest BCUT2D eigenvalue weighted by Gasteiger charge is -2.27. The van der Waals surface area contributed by atoms with E-state index in [9.17, 15) is 13.2 Å². The molecule has 1 aliphatic heterocycles. The number of halogens is 1. The van der Waals surface area contributed by atoms with E-state index in [0.717, 1.165) is 10.6 Å². The van der Waals surface area contributed by atoms with Gasteiger partial charge in [-0.3, -0.25) is 4.79 Å². The lowest BCUT2D eigenvalue weighted by molar-refractivity contribution is -0.121. The number of nitrogens with one attached hydrogen (secondary N) is 1. The van der Waals surface area contributed by atoms with Gasteiger partial charge in [-0.2, -0.15) is 4.31 Å². The van der Waals surface area contributed by atoms with E-state index >= 15 is 0 Å². The Labute approximate surface area is 169 Å². The third-order valence-electron chi connectivity index (χ3n) is 4.19. The monoisotopic (exact) mass is 424 g/mol. The summed E-state index contributed by atoms with van der Waals surface area (Å²) in [5.41, 5.74) is 0.628. The Bertz CT molecular complexity index is 951. The van der Waals surface area contributed by atoms with Gasteiger partial charge in [0.2, 0.25) is 15.9 Å². The molecule has 1 aliphatic rings. The van der Waals surface area contributed by atoms with Crippen LogP contribution in [0.4, 0.5) is 0 Å². The number of carbonyl (C=O) groups is 1. The lowest BCUT2D eigenvalue weighted by Crippen LogP contribution is -2.45. The molecule has 0 saturated heterocycles. The highest BCUT2D eigenvalue weighted by atomic mass is 35.5. The number of benzene rings is 2. The van der Waals surface area contributed by atoms with Gasteiger partial charge in [-0.05, 0) is 23.8 Å². The molecule has 1 heterocycles. The van der Waals surface area contributed by atoms with Gasteiger partial charge in [-0.15, -0.1) is 0 Å². The van der Waals surface area contributed by atoms with Crippen LogP contribution in [-0.2, 0) is 21.4 Å². The lowest BCUT2D eigenvalue weighted by atomic mass is 10.2. The van der Waals surface area contributed by atoms with Crippen molar-refractivity contribution in [2.24, 2.45) is 0 Å². The topological polar surface area (TPSA) is 84.9 Å². The van der Waals surface area contributed by atoms with Crippen molar-refractivity contribution in [1.29, 1.82) is 0 Å². The van der Waals surface area contributed by atoms with Crippen molar-refractivity contribution in [2.45, 2.75) is 12.6 Å². The van der Waals surface area contributed by atoms with E-state index in [2.05, 4.69) is 5.32 Å². The van der Waals surface area contributed by atoms with Crippen molar-refractivity contribution in [3.05, 3.63) is 59.1 Å². The van der Waals surface area contributed by atoms with Crippen LogP contribution >= 0.6 is 11.6 Å². The molecular weight excluding hydrogens is 404 g/mol. The fourth-order valence-corrected chi connectivity index (χ4v) is 3.64. The van der Waals surface area contributed by atoms with Gasteiger partial charge in [0.15, 0.2) is 11.5 Å². The summed E-state index contributed by atoms with van der Waals surface area (Å²) in [5.74, 6) is 0.845. The minimum absolute atomic E-state index is 0.0162. The number of fused-ring (bicyclic) bond motifs is 1. The number of sulfonamides is 1. The Morgan fingerprint density at radius 1 is 1.18 bits per heavy atom. The van der Waals surface area contributed by atoms with Crippen LogP contribution in [-0.4, -0.2) is 50.7 Å². The quantitative estimate of drug-likeness (QED) is 0.735. The van der Waals surface area contributed by atoms with E-state index in [1.807, 2.05) is 18.2 Å². The van der Waals surface area contributed by atoms with E-state index in [0.29, 0.717) is 28.7 Å². The normalized spacial score (nSPS) is 16.0. The largest absolute Gasteiger partial charge is 0.486 e. The minimum atomic E-state index is -3.60. The molecule has 0 bridgehead atoms. The van der Waals surface area contributed by atoms with Crippen LogP contribution in [0.2, 0.25) is 5.02 Å². The number of carbonyl (C=O) groups excluding carboxylic acids is 1. The number of amides is 1. The van der Waals surface area contributed by atoms with Crippen molar-refractivity contribution in [3.63, 3.8) is 0 Å². The molecule has 0 fully saturated rings. The second-order valence-electron chi connectivity index (χ2n) is 6.42. The summed E-state index contributed by atoms with van der Waals surface area (Å²) in [4.78, 5) is 12.3. The molecule has 0 aliphatic carbocycles. The Balaban J connectivity index is 1.56. The van der Waals surface area contributed by atoms with Gasteiger partial charge in [0.1, 0.15) is 12.7 Å². The molecule has 28 heavy (non-hydrogen) atoms. The van der Waals surface area contributed by atoms with Crippen LogP contribution in [0.15, 0.2) is 48.5 Å². The summed E-state index contributed by atoms with van der Waals surface area (Å²) in [6, 6.07) is 14.2. The summed E-state index contributed by atoms with van der Waals surface area (Å²) in [6.07, 6.45) is 0.709. The van der Waals surface area contributed by atoms with Gasteiger partial charge < -0.3 is 14.8 Å². The molecule has 1 amide bonds. The average Bonchev–Trinajstić information content (AvgIpc) is 2.66. The molecular formula is C19H21ClN2O5S. The van der Waals surface area contributed by atoms with Crippen LogP contribution in [0.1, 0.15) is 5.56 Å². The first-order valence-electron chi connectivity index (χ1n) is 8.66. The first kappa shape index (κ1) is 20.4. The highest BCUT2D eigenvalue weighted by Crippen LogP contribution is 2.30. The predicted molar refractivity (Wildman–Crippen MR) is 106 cm³/mol. The number of hydrogen-bond donors (Lipinski definition) is 1. The van der Waals surface area contributed by atoms with Crippen molar-refractivity contribution >= 4 is 27.5 Å². The smallest absolute Gasteiger partial charge is 0.235 e. The Kier molecular flexibility index (Phi) is 6.43. The van der Waals surface area contributed by atoms with E-state index < -0.39 is 15.9 Å². The number of ether oxygens (including phenoxy) is 2. The summed E-state index contributed by atoms with van der Waals surface area (Å²) < 4.78 is 36.6. The predicted octanol–water partition coefficient (Wildman–Crippen LogP) is 2.06. The van der Waals surface area contributed by atoms with Crippen LogP contribution in [0.25, 0.3) is 0 Å². The first-order chi connectivity index (χ1) is 13.3. The molecule has 0 radical (unpaired) electrons. The Hall–Kier alpha value is -2.29. The zero-order valence-electron chi connectivity index (χ0n) is 15.3. The molecule has 0 unspecified atom stereocenters. The minimum Gasteiger partial charge on any atom is -0.486 e. The molecule has 3 rings (SSSR count). The number of rotatable bonds is 7. The number of hydrogen-bond acceptors (Lipinski definition) is 5. The van der Waals surface area contributed by atoms with E-state index in [4.69, 9.17) is 21.1 Å². The Morgan fingerprint density at radius 3 is 2.57 bits per heavy atom. The second-order valence-corrected chi connectivity index (χ2v) is 8.81. The standard InChI is InChI=1S/C19H21ClN2O5S/c1-28(24,25)22(11-14-6-2-3-7-16(14)20)12-19(23)21-10-15-13-26-17-8-4-5-9-18(17)27-15/h2-9,15H,10-13H2,1H3,(H,21,23)/t15-/m1/s1. The molecule has 1 N–H and O–H groups in total. The summed E-state index contributed by atoms with van der Waals surface area (Å²) >= 11 is 6.11. The van der Waals surface area contributed by atoms with Crippen molar-refractivity contribution < 1.29 is 22.7 Å². The molecule has 2 aromatic carbocycles.